The number of aryl methyl sites for hydroxylation is 2. The minimum atomic E-state index is -1.70. The zero-order chi connectivity index (χ0) is 12.7. The second-order valence-corrected chi connectivity index (χ2v) is 3.51. The predicted molar refractivity (Wildman–Crippen MR) is 50.7 cm³/mol. The molecule has 0 fully saturated rings. The average Bonchev–Trinajstić information content (AvgIpc) is 2.56. The molecule has 0 saturated heterocycles. The lowest BCUT2D eigenvalue weighted by atomic mass is 10.3. The van der Waals surface area contributed by atoms with Gasteiger partial charge in [0.25, 0.3) is 11.9 Å². The van der Waals surface area contributed by atoms with Crippen LogP contribution in [0.4, 0.5) is 17.6 Å². The second kappa shape index (κ2) is 3.83. The fraction of sp³-hybridized carbons (Fsp3) is 0.200. The number of nitrogens with zero attached hydrogens (tertiary/aromatic N) is 3. The van der Waals surface area contributed by atoms with Crippen molar-refractivity contribution in [2.75, 3.05) is 0 Å². The lowest BCUT2D eigenvalue weighted by Gasteiger charge is -2.07. The van der Waals surface area contributed by atoms with E-state index in [1.807, 2.05) is 0 Å². The minimum Gasteiger partial charge on any atom is -0.231 e. The number of rotatable bonds is 1. The van der Waals surface area contributed by atoms with Crippen LogP contribution >= 0.6 is 0 Å². The van der Waals surface area contributed by atoms with Gasteiger partial charge in [0.2, 0.25) is 11.6 Å². The van der Waals surface area contributed by atoms with E-state index < -0.39 is 29.2 Å². The molecule has 0 amide bonds. The first-order valence-electron chi connectivity index (χ1n) is 4.65. The third kappa shape index (κ3) is 1.77. The Morgan fingerprint density at radius 1 is 1.00 bits per heavy atom. The number of hydrogen-bond donors (Lipinski definition) is 0. The van der Waals surface area contributed by atoms with Gasteiger partial charge in [-0.3, -0.25) is 0 Å². The van der Waals surface area contributed by atoms with Gasteiger partial charge in [0.1, 0.15) is 5.69 Å². The summed E-state index contributed by atoms with van der Waals surface area (Å²) < 4.78 is 53.4. The third-order valence-corrected chi connectivity index (χ3v) is 2.20. The Morgan fingerprint density at radius 2 is 1.53 bits per heavy atom. The van der Waals surface area contributed by atoms with Crippen LogP contribution in [0.2, 0.25) is 0 Å². The van der Waals surface area contributed by atoms with Crippen LogP contribution in [0.25, 0.3) is 5.69 Å². The van der Waals surface area contributed by atoms with Crippen molar-refractivity contribution < 1.29 is 17.6 Å². The molecule has 0 aliphatic rings. The highest BCUT2D eigenvalue weighted by molar-refractivity contribution is 5.35. The summed E-state index contributed by atoms with van der Waals surface area (Å²) in [5, 5.41) is 3.76. The summed E-state index contributed by atoms with van der Waals surface area (Å²) in [5.74, 6) is -6.55. The molecule has 0 atom stereocenters. The molecule has 2 aromatic heterocycles. The number of halogens is 4. The van der Waals surface area contributed by atoms with Crippen LogP contribution in [0.5, 0.6) is 0 Å². The first kappa shape index (κ1) is 11.6. The Hall–Kier alpha value is -1.92. The Bertz CT molecular complexity index is 565. The smallest absolute Gasteiger partial charge is 0.231 e. The fourth-order valence-corrected chi connectivity index (χ4v) is 1.52. The SMILES string of the molecule is Cc1cc(C)n(-c2c(F)c(F)nc(F)c2F)n1. The average molecular weight is 245 g/mol. The van der Waals surface area contributed by atoms with E-state index in [9.17, 15) is 17.6 Å². The summed E-state index contributed by atoms with van der Waals surface area (Å²) in [4.78, 5) is 2.47. The van der Waals surface area contributed by atoms with Gasteiger partial charge in [-0.05, 0) is 19.9 Å². The quantitative estimate of drug-likeness (QED) is 0.570. The van der Waals surface area contributed by atoms with Gasteiger partial charge in [-0.2, -0.15) is 27.6 Å². The van der Waals surface area contributed by atoms with Crippen LogP contribution in [-0.2, 0) is 0 Å². The van der Waals surface area contributed by atoms with E-state index in [2.05, 4.69) is 10.1 Å². The number of hydrogen-bond acceptors (Lipinski definition) is 2. The number of pyridine rings is 1. The normalized spacial score (nSPS) is 10.9. The first-order valence-corrected chi connectivity index (χ1v) is 4.65. The van der Waals surface area contributed by atoms with E-state index >= 15 is 0 Å². The number of aromatic nitrogens is 3. The molecule has 2 rings (SSSR count). The van der Waals surface area contributed by atoms with Gasteiger partial charge in [-0.15, -0.1) is 0 Å². The summed E-state index contributed by atoms with van der Waals surface area (Å²) in [6.45, 7) is 3.10. The molecule has 0 aliphatic heterocycles. The van der Waals surface area contributed by atoms with Crippen LogP contribution in [0, 0.1) is 37.4 Å². The van der Waals surface area contributed by atoms with E-state index in [4.69, 9.17) is 0 Å². The Labute approximate surface area is 93.7 Å². The zero-order valence-electron chi connectivity index (χ0n) is 8.93. The molecule has 0 N–H and O–H groups in total. The van der Waals surface area contributed by atoms with Gasteiger partial charge in [0.15, 0.2) is 0 Å². The van der Waals surface area contributed by atoms with E-state index in [1.165, 1.54) is 13.0 Å². The first-order chi connectivity index (χ1) is 7.91. The molecule has 0 aliphatic carbocycles. The van der Waals surface area contributed by atoms with Crippen LogP contribution < -0.4 is 0 Å². The van der Waals surface area contributed by atoms with Crippen molar-refractivity contribution in [1.82, 2.24) is 14.8 Å². The van der Waals surface area contributed by atoms with Crippen molar-refractivity contribution >= 4 is 0 Å². The van der Waals surface area contributed by atoms with Crippen LogP contribution in [0.3, 0.4) is 0 Å². The monoisotopic (exact) mass is 245 g/mol. The van der Waals surface area contributed by atoms with Crippen molar-refractivity contribution in [2.24, 2.45) is 0 Å². The molecule has 2 aromatic rings. The summed E-state index contributed by atoms with van der Waals surface area (Å²) >= 11 is 0. The molecule has 0 unspecified atom stereocenters. The predicted octanol–water partition coefficient (Wildman–Crippen LogP) is 2.44. The van der Waals surface area contributed by atoms with Crippen LogP contribution in [-0.4, -0.2) is 14.8 Å². The fourth-order valence-electron chi connectivity index (χ4n) is 1.52. The maximum absolute atomic E-state index is 13.4. The lowest BCUT2D eigenvalue weighted by Crippen LogP contribution is -2.11. The van der Waals surface area contributed by atoms with Gasteiger partial charge in [-0.25, -0.2) is 4.68 Å². The van der Waals surface area contributed by atoms with Crippen LogP contribution in [0.1, 0.15) is 11.4 Å². The van der Waals surface area contributed by atoms with E-state index in [0.717, 1.165) is 4.68 Å². The van der Waals surface area contributed by atoms with Gasteiger partial charge in [-0.1, -0.05) is 0 Å². The summed E-state index contributed by atoms with van der Waals surface area (Å²) in [6.07, 6.45) is 0. The Balaban J connectivity index is 2.79. The molecule has 0 bridgehead atoms. The summed E-state index contributed by atoms with van der Waals surface area (Å²) in [7, 11) is 0. The molecular formula is C10H7F4N3. The largest absolute Gasteiger partial charge is 0.254 e. The zero-order valence-corrected chi connectivity index (χ0v) is 8.93. The molecule has 7 heteroatoms. The molecule has 0 radical (unpaired) electrons. The molecule has 17 heavy (non-hydrogen) atoms. The van der Waals surface area contributed by atoms with E-state index in [0.29, 0.717) is 11.4 Å². The highest BCUT2D eigenvalue weighted by Gasteiger charge is 2.23. The standard InChI is InChI=1S/C10H7F4N3/c1-4-3-5(2)17(16-4)8-6(11)9(13)15-10(14)7(8)12/h3H,1-2H3. The van der Waals surface area contributed by atoms with Crippen molar-refractivity contribution in [3.05, 3.63) is 41.0 Å². The summed E-state index contributed by atoms with van der Waals surface area (Å²) in [5.41, 5.74) is -0.0789. The van der Waals surface area contributed by atoms with Crippen molar-refractivity contribution in [3.8, 4) is 5.69 Å². The van der Waals surface area contributed by atoms with Gasteiger partial charge >= 0.3 is 0 Å². The Morgan fingerprint density at radius 3 is 1.94 bits per heavy atom. The molecule has 90 valence electrons. The molecular weight excluding hydrogens is 238 g/mol. The van der Waals surface area contributed by atoms with Gasteiger partial charge in [0, 0.05) is 5.69 Å². The minimum absolute atomic E-state index is 0.352. The molecule has 0 saturated carbocycles. The maximum atomic E-state index is 13.4. The van der Waals surface area contributed by atoms with Crippen molar-refractivity contribution in [1.29, 1.82) is 0 Å². The molecule has 3 nitrogen and oxygen atoms in total. The van der Waals surface area contributed by atoms with Crippen molar-refractivity contribution in [3.63, 3.8) is 0 Å². The highest BCUT2D eigenvalue weighted by atomic mass is 19.2. The highest BCUT2D eigenvalue weighted by Crippen LogP contribution is 2.22. The second-order valence-electron chi connectivity index (χ2n) is 3.51. The molecule has 0 aromatic carbocycles. The lowest BCUT2D eigenvalue weighted by molar-refractivity contribution is 0.399. The maximum Gasteiger partial charge on any atom is 0.254 e. The Kier molecular flexibility index (Phi) is 2.60. The molecule has 2 heterocycles. The van der Waals surface area contributed by atoms with Gasteiger partial charge in [0.05, 0.1) is 5.69 Å². The topological polar surface area (TPSA) is 30.7 Å². The molecule has 0 spiro atoms. The van der Waals surface area contributed by atoms with Crippen molar-refractivity contribution in [2.45, 2.75) is 13.8 Å². The third-order valence-electron chi connectivity index (χ3n) is 2.20. The van der Waals surface area contributed by atoms with Crippen LogP contribution in [0.15, 0.2) is 6.07 Å². The van der Waals surface area contributed by atoms with E-state index in [-0.39, 0.29) is 0 Å². The summed E-state index contributed by atoms with van der Waals surface area (Å²) in [6, 6.07) is 1.52. The van der Waals surface area contributed by atoms with Gasteiger partial charge < -0.3 is 0 Å². The van der Waals surface area contributed by atoms with E-state index in [1.54, 1.807) is 6.92 Å².